The maximum Gasteiger partial charge on any atom is 0.123 e. The Balaban J connectivity index is 2.45. The van der Waals surface area contributed by atoms with Crippen LogP contribution in [0.15, 0.2) is 30.3 Å². The van der Waals surface area contributed by atoms with E-state index in [0.29, 0.717) is 17.0 Å². The molecule has 0 aliphatic rings. The van der Waals surface area contributed by atoms with Gasteiger partial charge in [0.25, 0.3) is 0 Å². The highest BCUT2D eigenvalue weighted by Gasteiger charge is 2.11. The van der Waals surface area contributed by atoms with Crippen molar-refractivity contribution < 1.29 is 9.50 Å². The SMILES string of the molecule is CC(O)c1cc(-c2cccc(F)c2)nn1C. The van der Waals surface area contributed by atoms with E-state index in [4.69, 9.17) is 0 Å². The zero-order valence-electron chi connectivity index (χ0n) is 9.18. The van der Waals surface area contributed by atoms with Crippen LogP contribution in [0.5, 0.6) is 0 Å². The minimum atomic E-state index is -0.584. The van der Waals surface area contributed by atoms with E-state index in [1.54, 1.807) is 36.9 Å². The molecule has 2 aromatic rings. The van der Waals surface area contributed by atoms with Crippen molar-refractivity contribution in [2.75, 3.05) is 0 Å². The van der Waals surface area contributed by atoms with Gasteiger partial charge in [-0.3, -0.25) is 4.68 Å². The lowest BCUT2D eigenvalue weighted by molar-refractivity contribution is 0.189. The lowest BCUT2D eigenvalue weighted by Gasteiger charge is -2.02. The van der Waals surface area contributed by atoms with Gasteiger partial charge in [-0.2, -0.15) is 5.10 Å². The molecule has 4 heteroatoms. The highest BCUT2D eigenvalue weighted by Crippen LogP contribution is 2.22. The third kappa shape index (κ3) is 1.97. The summed E-state index contributed by atoms with van der Waals surface area (Å²) in [4.78, 5) is 0. The molecule has 0 radical (unpaired) electrons. The summed E-state index contributed by atoms with van der Waals surface area (Å²) in [5, 5.41) is 13.7. The van der Waals surface area contributed by atoms with E-state index in [-0.39, 0.29) is 5.82 Å². The first kappa shape index (κ1) is 10.8. The Bertz CT molecular complexity index is 505. The first-order valence-electron chi connectivity index (χ1n) is 5.06. The third-order valence-corrected chi connectivity index (χ3v) is 2.46. The summed E-state index contributed by atoms with van der Waals surface area (Å²) < 4.78 is 14.6. The lowest BCUT2D eigenvalue weighted by atomic mass is 10.1. The van der Waals surface area contributed by atoms with Gasteiger partial charge in [0.1, 0.15) is 5.82 Å². The molecule has 0 saturated carbocycles. The molecule has 84 valence electrons. The maximum absolute atomic E-state index is 13.0. The molecule has 0 saturated heterocycles. The van der Waals surface area contributed by atoms with E-state index in [1.807, 2.05) is 0 Å². The molecule has 0 aliphatic heterocycles. The van der Waals surface area contributed by atoms with Crippen molar-refractivity contribution in [1.82, 2.24) is 9.78 Å². The van der Waals surface area contributed by atoms with Gasteiger partial charge in [-0.25, -0.2) is 4.39 Å². The van der Waals surface area contributed by atoms with E-state index in [9.17, 15) is 9.50 Å². The highest BCUT2D eigenvalue weighted by atomic mass is 19.1. The van der Waals surface area contributed by atoms with Gasteiger partial charge in [0.2, 0.25) is 0 Å². The molecule has 1 N–H and O–H groups in total. The van der Waals surface area contributed by atoms with Crippen LogP contribution in [0.4, 0.5) is 4.39 Å². The van der Waals surface area contributed by atoms with Crippen molar-refractivity contribution in [2.45, 2.75) is 13.0 Å². The van der Waals surface area contributed by atoms with Crippen molar-refractivity contribution in [1.29, 1.82) is 0 Å². The van der Waals surface area contributed by atoms with Gasteiger partial charge < -0.3 is 5.11 Å². The van der Waals surface area contributed by atoms with E-state index in [2.05, 4.69) is 5.10 Å². The molecule has 16 heavy (non-hydrogen) atoms. The number of aromatic nitrogens is 2. The Hall–Kier alpha value is -1.68. The molecule has 1 aromatic heterocycles. The zero-order chi connectivity index (χ0) is 11.7. The lowest BCUT2D eigenvalue weighted by Crippen LogP contribution is -2.01. The van der Waals surface area contributed by atoms with Crippen molar-refractivity contribution in [3.05, 3.63) is 41.8 Å². The van der Waals surface area contributed by atoms with Gasteiger partial charge in [0.05, 0.1) is 17.5 Å². The molecule has 3 nitrogen and oxygen atoms in total. The van der Waals surface area contributed by atoms with Crippen LogP contribution < -0.4 is 0 Å². The summed E-state index contributed by atoms with van der Waals surface area (Å²) in [6, 6.07) is 8.01. The van der Waals surface area contributed by atoms with Crippen LogP contribution >= 0.6 is 0 Å². The van der Waals surface area contributed by atoms with Crippen LogP contribution in [-0.2, 0) is 7.05 Å². The fraction of sp³-hybridized carbons (Fsp3) is 0.250. The quantitative estimate of drug-likeness (QED) is 0.843. The summed E-state index contributed by atoms with van der Waals surface area (Å²) in [7, 11) is 1.75. The van der Waals surface area contributed by atoms with Gasteiger partial charge in [0, 0.05) is 12.6 Å². The fourth-order valence-corrected chi connectivity index (χ4v) is 1.66. The Morgan fingerprint density at radius 1 is 1.38 bits per heavy atom. The van der Waals surface area contributed by atoms with Crippen molar-refractivity contribution in [2.24, 2.45) is 7.05 Å². The molecule has 0 amide bonds. The van der Waals surface area contributed by atoms with Gasteiger partial charge >= 0.3 is 0 Å². The van der Waals surface area contributed by atoms with Crippen molar-refractivity contribution >= 4 is 0 Å². The molecule has 0 bridgehead atoms. The smallest absolute Gasteiger partial charge is 0.123 e. The number of aliphatic hydroxyl groups is 1. The molecule has 1 unspecified atom stereocenters. The average molecular weight is 220 g/mol. The van der Waals surface area contributed by atoms with Gasteiger partial charge in [-0.1, -0.05) is 12.1 Å². The summed E-state index contributed by atoms with van der Waals surface area (Å²) in [6.45, 7) is 1.67. The van der Waals surface area contributed by atoms with Gasteiger partial charge in [-0.15, -0.1) is 0 Å². The molecule has 1 heterocycles. The predicted molar refractivity (Wildman–Crippen MR) is 59.2 cm³/mol. The Morgan fingerprint density at radius 3 is 2.69 bits per heavy atom. The second-order valence-electron chi connectivity index (χ2n) is 3.76. The molecule has 0 fully saturated rings. The molecular weight excluding hydrogens is 207 g/mol. The van der Waals surface area contributed by atoms with Crippen LogP contribution in [0.1, 0.15) is 18.7 Å². The first-order valence-corrected chi connectivity index (χ1v) is 5.06. The standard InChI is InChI=1S/C12H13FN2O/c1-8(16)12-7-11(14-15(12)2)9-4-3-5-10(13)6-9/h3-8,16H,1-2H3. The summed E-state index contributed by atoms with van der Waals surface area (Å²) >= 11 is 0. The monoisotopic (exact) mass is 220 g/mol. The number of nitrogens with zero attached hydrogens (tertiary/aromatic N) is 2. The molecule has 1 atom stereocenters. The van der Waals surface area contributed by atoms with E-state index >= 15 is 0 Å². The van der Waals surface area contributed by atoms with Crippen LogP contribution in [0.2, 0.25) is 0 Å². The van der Waals surface area contributed by atoms with E-state index in [1.165, 1.54) is 12.1 Å². The number of hydrogen-bond donors (Lipinski definition) is 1. The summed E-state index contributed by atoms with van der Waals surface area (Å²) in [5.74, 6) is -0.290. The normalized spacial score (nSPS) is 12.8. The van der Waals surface area contributed by atoms with Crippen LogP contribution in [0.3, 0.4) is 0 Å². The summed E-state index contributed by atoms with van der Waals surface area (Å²) in [6.07, 6.45) is -0.584. The minimum Gasteiger partial charge on any atom is -0.387 e. The molecule has 0 spiro atoms. The second kappa shape index (κ2) is 4.06. The van der Waals surface area contributed by atoms with Gasteiger partial charge in [-0.05, 0) is 25.1 Å². The second-order valence-corrected chi connectivity index (χ2v) is 3.76. The van der Waals surface area contributed by atoms with E-state index < -0.39 is 6.10 Å². The predicted octanol–water partition coefficient (Wildman–Crippen LogP) is 2.28. The summed E-state index contributed by atoms with van der Waals surface area (Å²) in [5.41, 5.74) is 2.08. The topological polar surface area (TPSA) is 38.1 Å². The largest absolute Gasteiger partial charge is 0.387 e. The average Bonchev–Trinajstić information content (AvgIpc) is 2.60. The van der Waals surface area contributed by atoms with Crippen LogP contribution in [0.25, 0.3) is 11.3 Å². The van der Waals surface area contributed by atoms with Gasteiger partial charge in [0.15, 0.2) is 0 Å². The number of rotatable bonds is 2. The number of halogens is 1. The number of aryl methyl sites for hydroxylation is 1. The minimum absolute atomic E-state index is 0.290. The van der Waals surface area contributed by atoms with Crippen LogP contribution in [-0.4, -0.2) is 14.9 Å². The fourth-order valence-electron chi connectivity index (χ4n) is 1.66. The highest BCUT2D eigenvalue weighted by molar-refractivity contribution is 5.59. The van der Waals surface area contributed by atoms with Crippen molar-refractivity contribution in [3.8, 4) is 11.3 Å². The zero-order valence-corrected chi connectivity index (χ0v) is 9.18. The Morgan fingerprint density at radius 2 is 2.12 bits per heavy atom. The Labute approximate surface area is 93.2 Å². The number of aliphatic hydroxyl groups excluding tert-OH is 1. The van der Waals surface area contributed by atoms with Crippen LogP contribution in [0, 0.1) is 5.82 Å². The first-order chi connectivity index (χ1) is 7.58. The molecular formula is C12H13FN2O. The third-order valence-electron chi connectivity index (χ3n) is 2.46. The molecule has 0 aliphatic carbocycles. The number of hydrogen-bond acceptors (Lipinski definition) is 2. The van der Waals surface area contributed by atoms with E-state index in [0.717, 1.165) is 0 Å². The number of benzene rings is 1. The Kier molecular flexibility index (Phi) is 2.75. The molecule has 1 aromatic carbocycles. The van der Waals surface area contributed by atoms with Crippen molar-refractivity contribution in [3.63, 3.8) is 0 Å². The maximum atomic E-state index is 13.0. The molecule has 2 rings (SSSR count).